The Morgan fingerprint density at radius 3 is 2.73 bits per heavy atom. The first-order chi connectivity index (χ1) is 16.0. The molecule has 1 atom stereocenters. The van der Waals surface area contributed by atoms with Crippen LogP contribution in [0.2, 0.25) is 0 Å². The van der Waals surface area contributed by atoms with Crippen molar-refractivity contribution in [3.8, 4) is 11.3 Å². The maximum Gasteiger partial charge on any atom is 0.273 e. The SMILES string of the molecule is CNC(=O)c1nc(-c2cccc(C(=O)NCC3CCCN3Cc3ccccc3)c2)cnc1N. The van der Waals surface area contributed by atoms with Crippen molar-refractivity contribution in [1.82, 2.24) is 25.5 Å². The van der Waals surface area contributed by atoms with Crippen LogP contribution >= 0.6 is 0 Å². The van der Waals surface area contributed by atoms with Gasteiger partial charge in [0, 0.05) is 37.3 Å². The number of amides is 2. The van der Waals surface area contributed by atoms with Gasteiger partial charge in [0.05, 0.1) is 11.9 Å². The van der Waals surface area contributed by atoms with Crippen molar-refractivity contribution in [2.75, 3.05) is 25.9 Å². The van der Waals surface area contributed by atoms with Crippen LogP contribution in [0.1, 0.15) is 39.3 Å². The van der Waals surface area contributed by atoms with Crippen molar-refractivity contribution in [2.24, 2.45) is 0 Å². The highest BCUT2D eigenvalue weighted by atomic mass is 16.2. The standard InChI is InChI=1S/C25H28N6O2/c1-27-25(33)22-23(26)28-15-21(30-22)18-9-5-10-19(13-18)24(32)29-14-20-11-6-12-31(20)16-17-7-3-2-4-8-17/h2-5,7-10,13,15,20H,6,11-12,14,16H2,1H3,(H2,26,28)(H,27,33)(H,29,32). The van der Waals surface area contributed by atoms with Gasteiger partial charge in [0.2, 0.25) is 0 Å². The average molecular weight is 445 g/mol. The summed E-state index contributed by atoms with van der Waals surface area (Å²) >= 11 is 0. The zero-order valence-electron chi connectivity index (χ0n) is 18.6. The van der Waals surface area contributed by atoms with E-state index in [1.54, 1.807) is 18.2 Å². The predicted octanol–water partition coefficient (Wildman–Crippen LogP) is 2.48. The fourth-order valence-corrected chi connectivity index (χ4v) is 4.11. The molecule has 8 nitrogen and oxygen atoms in total. The molecule has 0 radical (unpaired) electrons. The number of benzene rings is 2. The molecule has 1 aliphatic rings. The van der Waals surface area contributed by atoms with E-state index in [0.29, 0.717) is 29.4 Å². The number of hydrogen-bond acceptors (Lipinski definition) is 6. The maximum absolute atomic E-state index is 12.9. The number of hydrogen-bond donors (Lipinski definition) is 3. The summed E-state index contributed by atoms with van der Waals surface area (Å²) < 4.78 is 0. The van der Waals surface area contributed by atoms with Crippen LogP contribution < -0.4 is 16.4 Å². The van der Waals surface area contributed by atoms with E-state index in [2.05, 4.69) is 49.8 Å². The topological polar surface area (TPSA) is 113 Å². The molecule has 8 heteroatoms. The lowest BCUT2D eigenvalue weighted by Gasteiger charge is -2.24. The molecule has 0 spiro atoms. The highest BCUT2D eigenvalue weighted by Gasteiger charge is 2.25. The summed E-state index contributed by atoms with van der Waals surface area (Å²) in [5, 5.41) is 5.59. The van der Waals surface area contributed by atoms with Crippen LogP contribution in [-0.2, 0) is 6.54 Å². The largest absolute Gasteiger partial charge is 0.382 e. The monoisotopic (exact) mass is 444 g/mol. The van der Waals surface area contributed by atoms with Crippen LogP contribution in [0, 0.1) is 0 Å². The Labute approximate surface area is 193 Å². The summed E-state index contributed by atoms with van der Waals surface area (Å²) in [7, 11) is 1.51. The Morgan fingerprint density at radius 1 is 1.12 bits per heavy atom. The van der Waals surface area contributed by atoms with Gasteiger partial charge in [0.25, 0.3) is 11.8 Å². The fraction of sp³-hybridized carbons (Fsp3) is 0.280. The summed E-state index contributed by atoms with van der Waals surface area (Å²) in [6.07, 6.45) is 3.70. The lowest BCUT2D eigenvalue weighted by atomic mass is 10.1. The van der Waals surface area contributed by atoms with Crippen molar-refractivity contribution < 1.29 is 9.59 Å². The van der Waals surface area contributed by atoms with E-state index in [4.69, 9.17) is 5.73 Å². The molecular weight excluding hydrogens is 416 g/mol. The van der Waals surface area contributed by atoms with Crippen molar-refractivity contribution in [3.63, 3.8) is 0 Å². The number of carbonyl (C=O) groups excluding carboxylic acids is 2. The molecular formula is C25H28N6O2. The average Bonchev–Trinajstić information content (AvgIpc) is 3.29. The molecule has 2 aromatic carbocycles. The van der Waals surface area contributed by atoms with Gasteiger partial charge in [0.15, 0.2) is 11.5 Å². The summed E-state index contributed by atoms with van der Waals surface area (Å²) in [6.45, 7) is 2.52. The summed E-state index contributed by atoms with van der Waals surface area (Å²) in [6, 6.07) is 17.8. The van der Waals surface area contributed by atoms with Crippen LogP contribution in [0.3, 0.4) is 0 Å². The van der Waals surface area contributed by atoms with E-state index in [9.17, 15) is 9.59 Å². The molecule has 1 aromatic heterocycles. The second kappa shape index (κ2) is 10.2. The Kier molecular flexibility index (Phi) is 6.95. The van der Waals surface area contributed by atoms with E-state index < -0.39 is 5.91 Å². The van der Waals surface area contributed by atoms with Gasteiger partial charge in [-0.05, 0) is 37.1 Å². The van der Waals surface area contributed by atoms with E-state index in [1.807, 2.05) is 12.1 Å². The molecule has 0 saturated carbocycles. The van der Waals surface area contributed by atoms with Gasteiger partial charge in [-0.1, -0.05) is 42.5 Å². The molecule has 33 heavy (non-hydrogen) atoms. The number of nitrogen functional groups attached to an aromatic ring is 1. The van der Waals surface area contributed by atoms with Crippen molar-refractivity contribution in [2.45, 2.75) is 25.4 Å². The van der Waals surface area contributed by atoms with Crippen molar-refractivity contribution in [3.05, 3.63) is 77.6 Å². The molecule has 2 heterocycles. The number of carbonyl (C=O) groups is 2. The Bertz CT molecular complexity index is 1130. The summed E-state index contributed by atoms with van der Waals surface area (Å²) in [4.78, 5) is 35.7. The molecule has 2 amide bonds. The molecule has 1 fully saturated rings. The summed E-state index contributed by atoms with van der Waals surface area (Å²) in [5.41, 5.74) is 8.81. The highest BCUT2D eigenvalue weighted by Crippen LogP contribution is 2.21. The minimum Gasteiger partial charge on any atom is -0.382 e. The zero-order valence-corrected chi connectivity index (χ0v) is 18.6. The predicted molar refractivity (Wildman–Crippen MR) is 127 cm³/mol. The lowest BCUT2D eigenvalue weighted by Crippen LogP contribution is -2.39. The third-order valence-corrected chi connectivity index (χ3v) is 5.89. The van der Waals surface area contributed by atoms with Gasteiger partial charge in [-0.15, -0.1) is 0 Å². The smallest absolute Gasteiger partial charge is 0.273 e. The number of likely N-dealkylation sites (tertiary alicyclic amines) is 1. The van der Waals surface area contributed by atoms with Gasteiger partial charge in [-0.3, -0.25) is 14.5 Å². The zero-order chi connectivity index (χ0) is 23.2. The van der Waals surface area contributed by atoms with E-state index in [0.717, 1.165) is 25.9 Å². The van der Waals surface area contributed by atoms with Crippen LogP contribution in [0.25, 0.3) is 11.3 Å². The minimum absolute atomic E-state index is 0.0589. The van der Waals surface area contributed by atoms with Gasteiger partial charge in [0.1, 0.15) is 0 Å². The molecule has 1 saturated heterocycles. The molecule has 4 N–H and O–H groups in total. The van der Waals surface area contributed by atoms with E-state index >= 15 is 0 Å². The van der Waals surface area contributed by atoms with E-state index in [-0.39, 0.29) is 17.4 Å². The van der Waals surface area contributed by atoms with Crippen LogP contribution in [-0.4, -0.2) is 52.9 Å². The lowest BCUT2D eigenvalue weighted by molar-refractivity contribution is 0.0937. The van der Waals surface area contributed by atoms with Gasteiger partial charge >= 0.3 is 0 Å². The first-order valence-corrected chi connectivity index (χ1v) is 11.1. The first kappa shape index (κ1) is 22.4. The third kappa shape index (κ3) is 5.35. The van der Waals surface area contributed by atoms with Gasteiger partial charge < -0.3 is 16.4 Å². The molecule has 4 rings (SSSR count). The Hall–Kier alpha value is -3.78. The van der Waals surface area contributed by atoms with Crippen molar-refractivity contribution >= 4 is 17.6 Å². The summed E-state index contributed by atoms with van der Waals surface area (Å²) in [5.74, 6) is -0.491. The number of nitrogens with one attached hydrogen (secondary N) is 2. The number of nitrogens with two attached hydrogens (primary N) is 1. The minimum atomic E-state index is -0.410. The number of anilines is 1. The van der Waals surface area contributed by atoms with E-state index in [1.165, 1.54) is 18.8 Å². The maximum atomic E-state index is 12.9. The quantitative estimate of drug-likeness (QED) is 0.516. The van der Waals surface area contributed by atoms with Gasteiger partial charge in [-0.2, -0.15) is 0 Å². The number of nitrogens with zero attached hydrogens (tertiary/aromatic N) is 3. The van der Waals surface area contributed by atoms with Gasteiger partial charge in [-0.25, -0.2) is 9.97 Å². The third-order valence-electron chi connectivity index (χ3n) is 5.89. The Morgan fingerprint density at radius 2 is 1.94 bits per heavy atom. The molecule has 1 unspecified atom stereocenters. The molecule has 1 aliphatic heterocycles. The number of rotatable bonds is 7. The molecule has 0 bridgehead atoms. The second-order valence-electron chi connectivity index (χ2n) is 8.11. The van der Waals surface area contributed by atoms with Crippen molar-refractivity contribution in [1.29, 1.82) is 0 Å². The first-order valence-electron chi connectivity index (χ1n) is 11.1. The molecule has 170 valence electrons. The Balaban J connectivity index is 1.42. The van der Waals surface area contributed by atoms with Crippen LogP contribution in [0.4, 0.5) is 5.82 Å². The van der Waals surface area contributed by atoms with Crippen LogP contribution in [0.15, 0.2) is 60.8 Å². The normalized spacial score (nSPS) is 15.8. The molecule has 3 aromatic rings. The fourth-order valence-electron chi connectivity index (χ4n) is 4.11. The second-order valence-corrected chi connectivity index (χ2v) is 8.11. The number of aromatic nitrogens is 2. The van der Waals surface area contributed by atoms with Crippen LogP contribution in [0.5, 0.6) is 0 Å². The molecule has 0 aliphatic carbocycles. The highest BCUT2D eigenvalue weighted by molar-refractivity contribution is 5.97.